The lowest BCUT2D eigenvalue weighted by Gasteiger charge is -2.32. The van der Waals surface area contributed by atoms with Gasteiger partial charge in [0.15, 0.2) is 0 Å². The van der Waals surface area contributed by atoms with Crippen molar-refractivity contribution in [2.45, 2.75) is 12.5 Å². The molecule has 0 bridgehead atoms. The third-order valence-corrected chi connectivity index (χ3v) is 5.95. The van der Waals surface area contributed by atoms with Crippen LogP contribution in [0.15, 0.2) is 84.0 Å². The number of hydrazone groups is 1. The molecule has 2 aliphatic rings. The fraction of sp³-hybridized carbons (Fsp3) is 0.192. The molecule has 0 aromatic heterocycles. The van der Waals surface area contributed by atoms with Gasteiger partial charge in [-0.3, -0.25) is 9.59 Å². The SMILES string of the molecule is COc1ccc(C2CC(c3ccccc3)=NN2C(=O)CN2CC(=O)Nc3ccccc32)cc1. The van der Waals surface area contributed by atoms with Gasteiger partial charge in [-0.1, -0.05) is 54.6 Å². The Morgan fingerprint density at radius 3 is 2.52 bits per heavy atom. The van der Waals surface area contributed by atoms with Crippen LogP contribution in [0.25, 0.3) is 0 Å². The Labute approximate surface area is 192 Å². The van der Waals surface area contributed by atoms with Crippen LogP contribution in [0.5, 0.6) is 5.75 Å². The molecule has 0 radical (unpaired) electrons. The molecule has 3 aromatic carbocycles. The van der Waals surface area contributed by atoms with Gasteiger partial charge in [0.2, 0.25) is 5.91 Å². The molecular weight excluding hydrogens is 416 g/mol. The number of para-hydroxylation sites is 2. The molecule has 7 heteroatoms. The van der Waals surface area contributed by atoms with E-state index in [1.807, 2.05) is 78.9 Å². The van der Waals surface area contributed by atoms with Crippen LogP contribution in [-0.2, 0) is 9.59 Å². The summed E-state index contributed by atoms with van der Waals surface area (Å²) in [6.07, 6.45) is 0.610. The topological polar surface area (TPSA) is 74.2 Å². The van der Waals surface area contributed by atoms with E-state index < -0.39 is 0 Å². The lowest BCUT2D eigenvalue weighted by Crippen LogP contribution is -2.44. The Balaban J connectivity index is 1.45. The molecule has 7 nitrogen and oxygen atoms in total. The minimum atomic E-state index is -0.229. The maximum absolute atomic E-state index is 13.5. The average Bonchev–Trinajstić information content (AvgIpc) is 3.30. The predicted molar refractivity (Wildman–Crippen MR) is 127 cm³/mol. The lowest BCUT2D eigenvalue weighted by molar-refractivity contribution is -0.131. The van der Waals surface area contributed by atoms with Crippen LogP contribution in [0.2, 0.25) is 0 Å². The second-order valence-electron chi connectivity index (χ2n) is 8.07. The molecule has 0 spiro atoms. The predicted octanol–water partition coefficient (Wildman–Crippen LogP) is 3.83. The van der Waals surface area contributed by atoms with Crippen LogP contribution >= 0.6 is 0 Å². The van der Waals surface area contributed by atoms with E-state index in [2.05, 4.69) is 5.32 Å². The maximum Gasteiger partial charge on any atom is 0.262 e. The number of carbonyl (C=O) groups is 2. The number of hydrogen-bond acceptors (Lipinski definition) is 5. The van der Waals surface area contributed by atoms with Crippen LogP contribution in [-0.4, -0.2) is 42.7 Å². The van der Waals surface area contributed by atoms with Gasteiger partial charge in [-0.2, -0.15) is 5.10 Å². The highest BCUT2D eigenvalue weighted by atomic mass is 16.5. The van der Waals surface area contributed by atoms with Gasteiger partial charge in [-0.25, -0.2) is 5.01 Å². The number of benzene rings is 3. The lowest BCUT2D eigenvalue weighted by atomic mass is 9.98. The molecule has 3 aromatic rings. The zero-order valence-electron chi connectivity index (χ0n) is 18.3. The first-order valence-electron chi connectivity index (χ1n) is 10.8. The summed E-state index contributed by atoms with van der Waals surface area (Å²) in [5.41, 5.74) is 4.38. The normalized spacial score (nSPS) is 17.3. The van der Waals surface area contributed by atoms with Crippen LogP contribution < -0.4 is 15.0 Å². The molecule has 0 aliphatic carbocycles. The molecule has 0 fully saturated rings. The Bertz CT molecular complexity index is 1210. The Morgan fingerprint density at radius 1 is 1.03 bits per heavy atom. The first-order valence-corrected chi connectivity index (χ1v) is 10.8. The summed E-state index contributed by atoms with van der Waals surface area (Å²) in [7, 11) is 1.63. The number of fused-ring (bicyclic) bond motifs is 1. The molecule has 33 heavy (non-hydrogen) atoms. The monoisotopic (exact) mass is 440 g/mol. The Kier molecular flexibility index (Phi) is 5.52. The molecule has 1 unspecified atom stereocenters. The van der Waals surface area contributed by atoms with E-state index in [1.165, 1.54) is 0 Å². The van der Waals surface area contributed by atoms with E-state index in [0.717, 1.165) is 28.3 Å². The summed E-state index contributed by atoms with van der Waals surface area (Å²) >= 11 is 0. The molecule has 2 aliphatic heterocycles. The molecule has 1 atom stereocenters. The van der Waals surface area contributed by atoms with Gasteiger partial charge in [0.05, 0.1) is 43.3 Å². The molecule has 5 rings (SSSR count). The second kappa shape index (κ2) is 8.78. The van der Waals surface area contributed by atoms with Crippen molar-refractivity contribution < 1.29 is 14.3 Å². The average molecular weight is 441 g/mol. The molecule has 2 amide bonds. The fourth-order valence-corrected chi connectivity index (χ4v) is 4.31. The maximum atomic E-state index is 13.5. The summed E-state index contributed by atoms with van der Waals surface area (Å²) in [6, 6.07) is 24.9. The smallest absolute Gasteiger partial charge is 0.262 e. The summed E-state index contributed by atoms with van der Waals surface area (Å²) < 4.78 is 5.29. The van der Waals surface area contributed by atoms with Crippen molar-refractivity contribution in [3.63, 3.8) is 0 Å². The third-order valence-electron chi connectivity index (χ3n) is 5.95. The van der Waals surface area contributed by atoms with Crippen LogP contribution in [0, 0.1) is 0 Å². The van der Waals surface area contributed by atoms with Crippen LogP contribution in [0.3, 0.4) is 0 Å². The number of amides is 2. The largest absolute Gasteiger partial charge is 0.497 e. The van der Waals surface area contributed by atoms with E-state index in [9.17, 15) is 9.59 Å². The highest BCUT2D eigenvalue weighted by Crippen LogP contribution is 2.35. The fourth-order valence-electron chi connectivity index (χ4n) is 4.31. The van der Waals surface area contributed by atoms with E-state index in [-0.39, 0.29) is 30.9 Å². The summed E-state index contributed by atoms with van der Waals surface area (Å²) in [5.74, 6) is 0.462. The standard InChI is InChI=1S/C26H24N4O3/c1-33-20-13-11-19(12-14-20)24-15-22(18-7-3-2-4-8-18)28-30(24)26(32)17-29-16-25(31)27-21-9-5-6-10-23(21)29/h2-14,24H,15-17H2,1H3,(H,27,31). The minimum absolute atomic E-state index is 0.0582. The van der Waals surface area contributed by atoms with Crippen molar-refractivity contribution in [1.29, 1.82) is 0 Å². The number of nitrogens with one attached hydrogen (secondary N) is 1. The van der Waals surface area contributed by atoms with Crippen molar-refractivity contribution >= 4 is 28.9 Å². The van der Waals surface area contributed by atoms with Gasteiger partial charge < -0.3 is 15.0 Å². The van der Waals surface area contributed by atoms with E-state index >= 15 is 0 Å². The van der Waals surface area contributed by atoms with Gasteiger partial charge in [0, 0.05) is 6.42 Å². The third kappa shape index (κ3) is 4.17. The van der Waals surface area contributed by atoms with Crippen LogP contribution in [0.1, 0.15) is 23.6 Å². The second-order valence-corrected chi connectivity index (χ2v) is 8.07. The highest BCUT2D eigenvalue weighted by molar-refractivity contribution is 6.04. The zero-order chi connectivity index (χ0) is 22.8. The highest BCUT2D eigenvalue weighted by Gasteiger charge is 2.35. The van der Waals surface area contributed by atoms with Crippen molar-refractivity contribution in [2.75, 3.05) is 30.4 Å². The van der Waals surface area contributed by atoms with Crippen molar-refractivity contribution in [2.24, 2.45) is 5.10 Å². The molecule has 0 saturated heterocycles. The van der Waals surface area contributed by atoms with Gasteiger partial charge >= 0.3 is 0 Å². The first kappa shape index (κ1) is 20.8. The van der Waals surface area contributed by atoms with Crippen LogP contribution in [0.4, 0.5) is 11.4 Å². The van der Waals surface area contributed by atoms with Gasteiger partial charge in [0.1, 0.15) is 5.75 Å². The molecule has 166 valence electrons. The molecule has 1 N–H and O–H groups in total. The van der Waals surface area contributed by atoms with E-state index in [0.29, 0.717) is 12.1 Å². The Hall–Kier alpha value is -4.13. The quantitative estimate of drug-likeness (QED) is 0.654. The number of ether oxygens (including phenoxy) is 1. The van der Waals surface area contributed by atoms with E-state index in [4.69, 9.17) is 9.84 Å². The molecule has 2 heterocycles. The molecular formula is C26H24N4O3. The van der Waals surface area contributed by atoms with Gasteiger partial charge in [-0.05, 0) is 35.4 Å². The minimum Gasteiger partial charge on any atom is -0.497 e. The number of anilines is 2. The zero-order valence-corrected chi connectivity index (χ0v) is 18.3. The first-order chi connectivity index (χ1) is 16.1. The summed E-state index contributed by atoms with van der Waals surface area (Å²) in [5, 5.41) is 9.17. The summed E-state index contributed by atoms with van der Waals surface area (Å²) in [6.45, 7) is 0.182. The van der Waals surface area contributed by atoms with Crippen molar-refractivity contribution in [3.05, 3.63) is 90.0 Å². The van der Waals surface area contributed by atoms with Crippen molar-refractivity contribution in [1.82, 2.24) is 5.01 Å². The van der Waals surface area contributed by atoms with E-state index in [1.54, 1.807) is 17.0 Å². The number of hydrogen-bond donors (Lipinski definition) is 1. The number of methoxy groups -OCH3 is 1. The summed E-state index contributed by atoms with van der Waals surface area (Å²) in [4.78, 5) is 27.5. The van der Waals surface area contributed by atoms with Gasteiger partial charge in [0.25, 0.3) is 5.91 Å². The number of rotatable bonds is 5. The number of nitrogens with zero attached hydrogens (tertiary/aromatic N) is 3. The Morgan fingerprint density at radius 2 is 1.76 bits per heavy atom. The van der Waals surface area contributed by atoms with Crippen molar-refractivity contribution in [3.8, 4) is 5.75 Å². The molecule has 0 saturated carbocycles. The number of carbonyl (C=O) groups excluding carboxylic acids is 2. The van der Waals surface area contributed by atoms with Gasteiger partial charge in [-0.15, -0.1) is 0 Å².